The minimum atomic E-state index is -0.514. The Kier molecular flexibility index (Phi) is 11.7. The van der Waals surface area contributed by atoms with Gasteiger partial charge in [-0.05, 0) is 68.1 Å². The number of carbonyl (C=O) groups is 2. The highest BCUT2D eigenvalue weighted by Gasteiger charge is 2.11. The van der Waals surface area contributed by atoms with Crippen LogP contribution >= 0.6 is 0 Å². The number of pyridine rings is 2. The number of aryl methyl sites for hydroxylation is 1. The van der Waals surface area contributed by atoms with Crippen molar-refractivity contribution in [1.29, 1.82) is 0 Å². The van der Waals surface area contributed by atoms with E-state index >= 15 is 0 Å². The standard InChI is InChI=1S/C30H38N4O4/c1-2-38-29(36)22-34-21-27(14-15-28(34)35)33-30(37)25-13-10-12-24(18-25)26-17-23(19-32-20-26)11-8-6-4-3-5-7-9-16-31/h10,12-15,17-21H,2-9,11,16,22,31H2,1H3,(H,33,37). The fourth-order valence-corrected chi connectivity index (χ4v) is 4.26. The molecular formula is C30H38N4O4. The summed E-state index contributed by atoms with van der Waals surface area (Å²) in [7, 11) is 0. The van der Waals surface area contributed by atoms with Crippen molar-refractivity contribution in [2.45, 2.75) is 64.8 Å². The second-order valence-electron chi connectivity index (χ2n) is 9.32. The molecule has 2 aromatic heterocycles. The molecule has 3 rings (SSSR count). The molecule has 0 spiro atoms. The van der Waals surface area contributed by atoms with Crippen LogP contribution in [0.1, 0.15) is 67.8 Å². The number of hydrogen-bond donors (Lipinski definition) is 2. The largest absolute Gasteiger partial charge is 0.465 e. The maximum atomic E-state index is 13.0. The first kappa shape index (κ1) is 28.8. The Morgan fingerprint density at radius 2 is 1.71 bits per heavy atom. The Hall–Kier alpha value is -3.78. The maximum Gasteiger partial charge on any atom is 0.326 e. The van der Waals surface area contributed by atoms with Gasteiger partial charge in [-0.2, -0.15) is 0 Å². The van der Waals surface area contributed by atoms with Crippen LogP contribution in [0.2, 0.25) is 0 Å². The molecule has 0 bridgehead atoms. The summed E-state index contributed by atoms with van der Waals surface area (Å²) in [6.45, 7) is 2.50. The van der Waals surface area contributed by atoms with Crippen molar-refractivity contribution in [3.63, 3.8) is 0 Å². The number of rotatable bonds is 15. The molecule has 1 amide bonds. The van der Waals surface area contributed by atoms with Crippen LogP contribution in [0.4, 0.5) is 5.69 Å². The van der Waals surface area contributed by atoms with Gasteiger partial charge in [-0.25, -0.2) is 0 Å². The molecule has 2 heterocycles. The lowest BCUT2D eigenvalue weighted by Crippen LogP contribution is -2.25. The van der Waals surface area contributed by atoms with Gasteiger partial charge < -0.3 is 20.4 Å². The quantitative estimate of drug-likeness (QED) is 0.217. The highest BCUT2D eigenvalue weighted by Crippen LogP contribution is 2.22. The van der Waals surface area contributed by atoms with Crippen LogP contribution < -0.4 is 16.6 Å². The van der Waals surface area contributed by atoms with Crippen molar-refractivity contribution in [2.75, 3.05) is 18.5 Å². The molecule has 0 radical (unpaired) electrons. The normalized spacial score (nSPS) is 10.8. The van der Waals surface area contributed by atoms with Crippen LogP contribution in [-0.2, 0) is 22.5 Å². The number of nitrogens with zero attached hydrogens (tertiary/aromatic N) is 2. The molecule has 3 aromatic rings. The van der Waals surface area contributed by atoms with Gasteiger partial charge in [-0.3, -0.25) is 19.4 Å². The van der Waals surface area contributed by atoms with Gasteiger partial charge in [0.2, 0.25) is 0 Å². The summed E-state index contributed by atoms with van der Waals surface area (Å²) in [6.07, 6.45) is 14.6. The van der Waals surface area contributed by atoms with Gasteiger partial charge in [0.15, 0.2) is 0 Å². The molecule has 3 N–H and O–H groups in total. The van der Waals surface area contributed by atoms with Crippen LogP contribution in [-0.4, -0.2) is 34.6 Å². The predicted octanol–water partition coefficient (Wildman–Crippen LogP) is 4.96. The molecule has 0 unspecified atom stereocenters. The van der Waals surface area contributed by atoms with E-state index in [0.29, 0.717) is 11.3 Å². The van der Waals surface area contributed by atoms with E-state index < -0.39 is 5.97 Å². The van der Waals surface area contributed by atoms with Crippen LogP contribution in [0.15, 0.2) is 65.8 Å². The molecule has 0 aliphatic carbocycles. The Balaban J connectivity index is 1.60. The third kappa shape index (κ3) is 9.27. The Morgan fingerprint density at radius 3 is 2.47 bits per heavy atom. The summed E-state index contributed by atoms with van der Waals surface area (Å²) in [5, 5.41) is 2.80. The number of benzene rings is 1. The predicted molar refractivity (Wildman–Crippen MR) is 150 cm³/mol. The van der Waals surface area contributed by atoms with Gasteiger partial charge in [0.25, 0.3) is 11.5 Å². The van der Waals surface area contributed by atoms with Crippen molar-refractivity contribution in [3.05, 3.63) is 82.5 Å². The number of nitrogens with two attached hydrogens (primary N) is 1. The smallest absolute Gasteiger partial charge is 0.326 e. The van der Waals surface area contributed by atoms with Crippen molar-refractivity contribution >= 4 is 17.6 Å². The molecule has 0 saturated carbocycles. The van der Waals surface area contributed by atoms with Gasteiger partial charge in [0.05, 0.1) is 12.3 Å². The van der Waals surface area contributed by atoms with Crippen LogP contribution in [0, 0.1) is 0 Å². The summed E-state index contributed by atoms with van der Waals surface area (Å²) in [6, 6.07) is 12.3. The van der Waals surface area contributed by atoms with Gasteiger partial charge in [0, 0.05) is 35.8 Å². The first-order chi connectivity index (χ1) is 18.5. The molecule has 1 aromatic carbocycles. The summed E-state index contributed by atoms with van der Waals surface area (Å²) in [5.41, 5.74) is 9.13. The fourth-order valence-electron chi connectivity index (χ4n) is 4.26. The molecule has 8 nitrogen and oxygen atoms in total. The topological polar surface area (TPSA) is 116 Å². The van der Waals surface area contributed by atoms with Crippen LogP contribution in [0.3, 0.4) is 0 Å². The van der Waals surface area contributed by atoms with Gasteiger partial charge in [-0.1, -0.05) is 44.2 Å². The second kappa shape index (κ2) is 15.5. The molecule has 0 aliphatic heterocycles. The lowest BCUT2D eigenvalue weighted by molar-refractivity contribution is -0.143. The number of nitrogens with one attached hydrogen (secondary N) is 1. The summed E-state index contributed by atoms with van der Waals surface area (Å²) < 4.78 is 6.12. The number of carbonyl (C=O) groups excluding carboxylic acids is 2. The molecule has 202 valence electrons. The van der Waals surface area contributed by atoms with E-state index in [1.807, 2.05) is 30.6 Å². The van der Waals surface area contributed by atoms with Gasteiger partial charge in [0.1, 0.15) is 6.54 Å². The van der Waals surface area contributed by atoms with E-state index in [4.69, 9.17) is 10.5 Å². The number of anilines is 1. The molecule has 8 heteroatoms. The number of unbranched alkanes of at least 4 members (excludes halogenated alkanes) is 6. The highest BCUT2D eigenvalue weighted by molar-refractivity contribution is 6.04. The van der Waals surface area contributed by atoms with E-state index in [0.717, 1.165) is 36.9 Å². The average molecular weight is 519 g/mol. The molecule has 0 atom stereocenters. The second-order valence-corrected chi connectivity index (χ2v) is 9.32. The lowest BCUT2D eigenvalue weighted by Gasteiger charge is -2.10. The minimum absolute atomic E-state index is 0.218. The summed E-state index contributed by atoms with van der Waals surface area (Å²) in [4.78, 5) is 41.2. The Labute approximate surface area is 224 Å². The zero-order valence-corrected chi connectivity index (χ0v) is 22.2. The minimum Gasteiger partial charge on any atom is -0.465 e. The monoisotopic (exact) mass is 518 g/mol. The zero-order valence-electron chi connectivity index (χ0n) is 22.2. The Bertz CT molecular complexity index is 1250. The highest BCUT2D eigenvalue weighted by atomic mass is 16.5. The third-order valence-corrected chi connectivity index (χ3v) is 6.27. The SMILES string of the molecule is CCOC(=O)Cn1cc(NC(=O)c2cccc(-c3cncc(CCCCCCCCCN)c3)c2)ccc1=O. The number of ether oxygens (including phenoxy) is 1. The summed E-state index contributed by atoms with van der Waals surface area (Å²) >= 11 is 0. The molecule has 0 saturated heterocycles. The van der Waals surface area contributed by atoms with Crippen molar-refractivity contribution in [2.24, 2.45) is 5.73 Å². The zero-order chi connectivity index (χ0) is 27.2. The molecule has 0 fully saturated rings. The number of aromatic nitrogens is 2. The lowest BCUT2D eigenvalue weighted by atomic mass is 10.0. The van der Waals surface area contributed by atoms with E-state index in [1.165, 1.54) is 60.6 Å². The molecule has 38 heavy (non-hydrogen) atoms. The van der Waals surface area contributed by atoms with E-state index in [9.17, 15) is 14.4 Å². The van der Waals surface area contributed by atoms with E-state index in [2.05, 4.69) is 16.4 Å². The van der Waals surface area contributed by atoms with Gasteiger partial charge in [-0.15, -0.1) is 0 Å². The average Bonchev–Trinajstić information content (AvgIpc) is 2.92. The third-order valence-electron chi connectivity index (χ3n) is 6.27. The van der Waals surface area contributed by atoms with Crippen LogP contribution in [0.5, 0.6) is 0 Å². The van der Waals surface area contributed by atoms with E-state index in [1.54, 1.807) is 13.0 Å². The molecule has 0 aliphatic rings. The Morgan fingerprint density at radius 1 is 0.947 bits per heavy atom. The van der Waals surface area contributed by atoms with Crippen molar-refractivity contribution in [1.82, 2.24) is 9.55 Å². The fraction of sp³-hybridized carbons (Fsp3) is 0.400. The number of hydrogen-bond acceptors (Lipinski definition) is 6. The first-order valence-corrected chi connectivity index (χ1v) is 13.4. The number of esters is 1. The maximum absolute atomic E-state index is 13.0. The van der Waals surface area contributed by atoms with Crippen molar-refractivity contribution in [3.8, 4) is 11.1 Å². The van der Waals surface area contributed by atoms with Gasteiger partial charge >= 0.3 is 5.97 Å². The summed E-state index contributed by atoms with van der Waals surface area (Å²) in [5.74, 6) is -0.830. The number of amides is 1. The first-order valence-electron chi connectivity index (χ1n) is 13.4. The van der Waals surface area contributed by atoms with Crippen molar-refractivity contribution < 1.29 is 14.3 Å². The van der Waals surface area contributed by atoms with Crippen LogP contribution in [0.25, 0.3) is 11.1 Å². The van der Waals surface area contributed by atoms with E-state index in [-0.39, 0.29) is 24.6 Å². The molecular weight excluding hydrogens is 480 g/mol.